The molecule has 0 aliphatic rings. The Morgan fingerprint density at radius 3 is 2.28 bits per heavy atom. The van der Waals surface area contributed by atoms with Crippen LogP contribution in [0.1, 0.15) is 24.3 Å². The summed E-state index contributed by atoms with van der Waals surface area (Å²) in [4.78, 5) is 0.152. The lowest BCUT2D eigenvalue weighted by Crippen LogP contribution is -2.11. The highest BCUT2D eigenvalue weighted by Gasteiger charge is 2.35. The van der Waals surface area contributed by atoms with Crippen LogP contribution >= 0.6 is 11.8 Å². The fourth-order valence-corrected chi connectivity index (χ4v) is 3.13. The van der Waals surface area contributed by atoms with Crippen molar-refractivity contribution >= 4 is 11.8 Å². The number of aliphatic hydroxyl groups is 1. The van der Waals surface area contributed by atoms with Gasteiger partial charge in [-0.05, 0) is 24.6 Å². The summed E-state index contributed by atoms with van der Waals surface area (Å²) < 4.78 is 76.7. The molecule has 3 nitrogen and oxygen atoms in total. The van der Waals surface area contributed by atoms with Gasteiger partial charge in [0, 0.05) is 17.5 Å². The van der Waals surface area contributed by atoms with Gasteiger partial charge < -0.3 is 5.11 Å². The van der Waals surface area contributed by atoms with E-state index in [1.165, 1.54) is 32.2 Å². The van der Waals surface area contributed by atoms with Crippen LogP contribution in [-0.2, 0) is 13.2 Å². The quantitative estimate of drug-likeness (QED) is 0.607. The van der Waals surface area contributed by atoms with Crippen molar-refractivity contribution in [3.63, 3.8) is 0 Å². The molecule has 0 saturated carbocycles. The number of hydrogen-bond acceptors (Lipinski definition) is 3. The summed E-state index contributed by atoms with van der Waals surface area (Å²) >= 11 is 0.472. The molecule has 0 bridgehead atoms. The third-order valence-corrected chi connectivity index (χ3v) is 4.46. The first-order valence-electron chi connectivity index (χ1n) is 7.01. The lowest BCUT2D eigenvalue weighted by molar-refractivity contribution is -0.141. The number of nitrogens with zero attached hydrogens (tertiary/aromatic N) is 2. The number of aromatic nitrogens is 2. The average Bonchev–Trinajstić information content (AvgIpc) is 2.86. The minimum absolute atomic E-state index is 0.110. The second kappa shape index (κ2) is 6.91. The molecular formula is C15H14F6N2OS. The van der Waals surface area contributed by atoms with Crippen LogP contribution in [0, 0.1) is 0 Å². The van der Waals surface area contributed by atoms with E-state index >= 15 is 0 Å². The van der Waals surface area contributed by atoms with Crippen LogP contribution in [-0.4, -0.2) is 26.8 Å². The topological polar surface area (TPSA) is 38.1 Å². The summed E-state index contributed by atoms with van der Waals surface area (Å²) in [5.41, 5.74) is -0.428. The van der Waals surface area contributed by atoms with Gasteiger partial charge in [-0.2, -0.15) is 31.4 Å². The first-order valence-corrected chi connectivity index (χ1v) is 8.00. The molecule has 1 N–H and O–H groups in total. The van der Waals surface area contributed by atoms with Crippen molar-refractivity contribution in [2.45, 2.75) is 30.3 Å². The van der Waals surface area contributed by atoms with Gasteiger partial charge in [0.2, 0.25) is 0 Å². The van der Waals surface area contributed by atoms with E-state index in [0.29, 0.717) is 11.8 Å². The second-order valence-corrected chi connectivity index (χ2v) is 6.39. The van der Waals surface area contributed by atoms with E-state index in [1.807, 2.05) is 0 Å². The van der Waals surface area contributed by atoms with Gasteiger partial charge in [0.05, 0.1) is 17.6 Å². The zero-order valence-electron chi connectivity index (χ0n) is 13.1. The van der Waals surface area contributed by atoms with Crippen LogP contribution < -0.4 is 0 Å². The highest BCUT2D eigenvalue weighted by Crippen LogP contribution is 2.36. The summed E-state index contributed by atoms with van der Waals surface area (Å²) in [6.07, 6.45) is -10.0. The maximum Gasteiger partial charge on any atom is 0.435 e. The van der Waals surface area contributed by atoms with Crippen molar-refractivity contribution < 1.29 is 31.4 Å². The number of rotatable bonds is 4. The minimum atomic E-state index is -4.62. The highest BCUT2D eigenvalue weighted by atomic mass is 32.2. The Kier molecular flexibility index (Phi) is 5.43. The maximum atomic E-state index is 12.8. The average molecular weight is 384 g/mol. The van der Waals surface area contributed by atoms with Gasteiger partial charge in [0.1, 0.15) is 0 Å². The number of alkyl halides is 6. The predicted molar refractivity (Wildman–Crippen MR) is 81.1 cm³/mol. The van der Waals surface area contributed by atoms with Crippen molar-refractivity contribution in [2.75, 3.05) is 5.75 Å². The molecule has 0 amide bonds. The molecule has 1 aromatic carbocycles. The second-order valence-electron chi connectivity index (χ2n) is 5.37. The molecule has 1 unspecified atom stereocenters. The third kappa shape index (κ3) is 4.91. The number of halogens is 6. The van der Waals surface area contributed by atoms with E-state index in [4.69, 9.17) is 0 Å². The molecule has 0 fully saturated rings. The van der Waals surface area contributed by atoms with Crippen LogP contribution in [0.5, 0.6) is 0 Å². The summed E-state index contributed by atoms with van der Waals surface area (Å²) in [5.74, 6) is -1.17. The van der Waals surface area contributed by atoms with E-state index in [2.05, 4.69) is 5.10 Å². The molecule has 0 spiro atoms. The molecule has 0 saturated heterocycles. The molecule has 1 heterocycles. The van der Waals surface area contributed by atoms with E-state index < -0.39 is 29.9 Å². The Labute approximate surface area is 143 Å². The van der Waals surface area contributed by atoms with Gasteiger partial charge >= 0.3 is 12.4 Å². The molecule has 0 radical (unpaired) electrons. The zero-order chi connectivity index (χ0) is 19.0. The third-order valence-electron chi connectivity index (χ3n) is 3.32. The highest BCUT2D eigenvalue weighted by molar-refractivity contribution is 7.99. The van der Waals surface area contributed by atoms with E-state index in [9.17, 15) is 31.4 Å². The molecule has 0 aliphatic carbocycles. The largest absolute Gasteiger partial charge is 0.435 e. The first-order chi connectivity index (χ1) is 11.4. The lowest BCUT2D eigenvalue weighted by Gasteiger charge is -2.14. The Bertz CT molecular complexity index is 751. The van der Waals surface area contributed by atoms with Crippen LogP contribution in [0.4, 0.5) is 26.3 Å². The molecule has 138 valence electrons. The predicted octanol–water partition coefficient (Wildman–Crippen LogP) is 4.81. The SMILES string of the molecule is CC(O)c1ccc(-c2cc(C(F)(F)F)nn2C)cc1SCC(F)(F)F. The standard InChI is InChI=1S/C15H14F6N2OS/c1-8(24)10-4-3-9(5-12(10)25-7-14(16,17)18)11-6-13(15(19,20)21)22-23(11)2/h3-6,8,24H,7H2,1-2H3. The monoisotopic (exact) mass is 384 g/mol. The van der Waals surface area contributed by atoms with Crippen molar-refractivity contribution in [3.05, 3.63) is 35.5 Å². The summed E-state index contributed by atoms with van der Waals surface area (Å²) in [5, 5.41) is 13.1. The Balaban J connectivity index is 2.44. The fourth-order valence-electron chi connectivity index (χ4n) is 2.20. The zero-order valence-corrected chi connectivity index (χ0v) is 13.9. The van der Waals surface area contributed by atoms with E-state index in [-0.39, 0.29) is 21.7 Å². The number of benzene rings is 1. The molecule has 0 aliphatic heterocycles. The van der Waals surface area contributed by atoms with Crippen molar-refractivity contribution in [2.24, 2.45) is 7.05 Å². The van der Waals surface area contributed by atoms with Crippen molar-refractivity contribution in [1.82, 2.24) is 9.78 Å². The van der Waals surface area contributed by atoms with Crippen molar-refractivity contribution in [1.29, 1.82) is 0 Å². The number of thioether (sulfide) groups is 1. The molecular weight excluding hydrogens is 370 g/mol. The maximum absolute atomic E-state index is 12.8. The Morgan fingerprint density at radius 1 is 1.16 bits per heavy atom. The van der Waals surface area contributed by atoms with Crippen molar-refractivity contribution in [3.8, 4) is 11.3 Å². The van der Waals surface area contributed by atoms with Gasteiger partial charge in [-0.15, -0.1) is 11.8 Å². The van der Waals surface area contributed by atoms with E-state index in [0.717, 1.165) is 10.7 Å². The summed E-state index contributed by atoms with van der Waals surface area (Å²) in [7, 11) is 1.32. The van der Waals surface area contributed by atoms with Gasteiger partial charge in [-0.25, -0.2) is 0 Å². The Morgan fingerprint density at radius 2 is 1.80 bits per heavy atom. The molecule has 1 aromatic heterocycles. The summed E-state index contributed by atoms with van der Waals surface area (Å²) in [6.45, 7) is 1.40. The molecule has 10 heteroatoms. The molecule has 1 atom stereocenters. The fraction of sp³-hybridized carbons (Fsp3) is 0.400. The smallest absolute Gasteiger partial charge is 0.389 e. The number of aliphatic hydroxyl groups excluding tert-OH is 1. The normalized spacial score (nSPS) is 14.0. The van der Waals surface area contributed by atoms with Crippen LogP contribution in [0.15, 0.2) is 29.2 Å². The van der Waals surface area contributed by atoms with E-state index in [1.54, 1.807) is 0 Å². The number of aryl methyl sites for hydroxylation is 1. The van der Waals surface area contributed by atoms with Gasteiger partial charge in [0.25, 0.3) is 0 Å². The van der Waals surface area contributed by atoms with Gasteiger partial charge in [-0.3, -0.25) is 4.68 Å². The number of hydrogen-bond donors (Lipinski definition) is 1. The van der Waals surface area contributed by atoms with Gasteiger partial charge in [-0.1, -0.05) is 12.1 Å². The van der Waals surface area contributed by atoms with Crippen LogP contribution in [0.3, 0.4) is 0 Å². The molecule has 2 rings (SSSR count). The van der Waals surface area contributed by atoms with Crippen LogP contribution in [0.2, 0.25) is 0 Å². The molecule has 25 heavy (non-hydrogen) atoms. The summed E-state index contributed by atoms with van der Waals surface area (Å²) in [6, 6.07) is 5.00. The minimum Gasteiger partial charge on any atom is -0.389 e. The van der Waals surface area contributed by atoms with Gasteiger partial charge in [0.15, 0.2) is 5.69 Å². The lowest BCUT2D eigenvalue weighted by atomic mass is 10.1. The first kappa shape index (κ1) is 19.6. The molecule has 2 aromatic rings. The van der Waals surface area contributed by atoms with Crippen LogP contribution in [0.25, 0.3) is 11.3 Å². The Hall–Kier alpha value is -1.68.